The third-order valence-corrected chi connectivity index (χ3v) is 5.71. The summed E-state index contributed by atoms with van der Waals surface area (Å²) in [6, 6.07) is 7.95. The van der Waals surface area contributed by atoms with Gasteiger partial charge in [0.15, 0.2) is 0 Å². The average molecular weight is 355 g/mol. The average Bonchev–Trinajstić information content (AvgIpc) is 3.49. The summed E-state index contributed by atoms with van der Waals surface area (Å²) >= 11 is 0. The van der Waals surface area contributed by atoms with E-state index in [-0.39, 0.29) is 5.91 Å². The molecule has 1 aliphatic heterocycles. The molecular weight excluding hydrogens is 326 g/mol. The van der Waals surface area contributed by atoms with Gasteiger partial charge < -0.3 is 14.9 Å². The van der Waals surface area contributed by atoms with Gasteiger partial charge in [0.05, 0.1) is 12.2 Å². The molecule has 1 saturated carbocycles. The van der Waals surface area contributed by atoms with Crippen molar-refractivity contribution in [2.24, 2.45) is 0 Å². The SMILES string of the molecule is O=C(CN1CCN(c2ccccc2O)CC1)N(C1=CCCCC1)C1CC1. The van der Waals surface area contributed by atoms with Crippen LogP contribution in [0.5, 0.6) is 5.75 Å². The van der Waals surface area contributed by atoms with E-state index in [0.29, 0.717) is 18.3 Å². The molecule has 1 amide bonds. The van der Waals surface area contributed by atoms with Gasteiger partial charge in [-0.2, -0.15) is 0 Å². The molecule has 0 unspecified atom stereocenters. The molecule has 2 aliphatic carbocycles. The van der Waals surface area contributed by atoms with E-state index >= 15 is 0 Å². The maximum Gasteiger partial charge on any atom is 0.241 e. The maximum absolute atomic E-state index is 13.0. The van der Waals surface area contributed by atoms with Crippen molar-refractivity contribution in [1.82, 2.24) is 9.80 Å². The molecule has 4 rings (SSSR count). The summed E-state index contributed by atoms with van der Waals surface area (Å²) in [5.74, 6) is 0.609. The van der Waals surface area contributed by atoms with Gasteiger partial charge in [-0.1, -0.05) is 18.2 Å². The first kappa shape index (κ1) is 17.4. The van der Waals surface area contributed by atoms with Gasteiger partial charge in [0.2, 0.25) is 5.91 Å². The summed E-state index contributed by atoms with van der Waals surface area (Å²) in [7, 11) is 0. The fourth-order valence-corrected chi connectivity index (χ4v) is 4.12. The minimum absolute atomic E-state index is 0.275. The van der Waals surface area contributed by atoms with Gasteiger partial charge in [-0.15, -0.1) is 0 Å². The number of allylic oxidation sites excluding steroid dienone is 2. The highest BCUT2D eigenvalue weighted by molar-refractivity contribution is 5.81. The molecule has 1 saturated heterocycles. The second kappa shape index (κ2) is 7.70. The number of benzene rings is 1. The van der Waals surface area contributed by atoms with Crippen molar-refractivity contribution in [2.75, 3.05) is 37.6 Å². The number of para-hydroxylation sites is 2. The fraction of sp³-hybridized carbons (Fsp3) is 0.571. The molecule has 2 fully saturated rings. The van der Waals surface area contributed by atoms with Gasteiger partial charge >= 0.3 is 0 Å². The number of rotatable bonds is 5. The predicted octanol–water partition coefficient (Wildman–Crippen LogP) is 2.96. The van der Waals surface area contributed by atoms with Gasteiger partial charge in [-0.25, -0.2) is 0 Å². The minimum atomic E-state index is 0.275. The van der Waals surface area contributed by atoms with Gasteiger partial charge in [-0.05, 0) is 50.7 Å². The van der Waals surface area contributed by atoms with Crippen LogP contribution in [0, 0.1) is 0 Å². The molecule has 1 N–H and O–H groups in total. The second-order valence-corrected chi connectivity index (χ2v) is 7.69. The Hall–Kier alpha value is -2.01. The molecular formula is C21H29N3O2. The van der Waals surface area contributed by atoms with Crippen LogP contribution in [0.2, 0.25) is 0 Å². The lowest BCUT2D eigenvalue weighted by atomic mass is 10.0. The molecule has 5 nitrogen and oxygen atoms in total. The summed E-state index contributed by atoms with van der Waals surface area (Å²) in [6.45, 7) is 3.92. The Morgan fingerprint density at radius 3 is 2.54 bits per heavy atom. The first-order valence-corrected chi connectivity index (χ1v) is 9.99. The van der Waals surface area contributed by atoms with Crippen LogP contribution in [0.15, 0.2) is 36.0 Å². The Morgan fingerprint density at radius 1 is 1.12 bits per heavy atom. The van der Waals surface area contributed by atoms with Crippen LogP contribution >= 0.6 is 0 Å². The molecule has 3 aliphatic rings. The second-order valence-electron chi connectivity index (χ2n) is 7.69. The Balaban J connectivity index is 1.34. The predicted molar refractivity (Wildman–Crippen MR) is 103 cm³/mol. The van der Waals surface area contributed by atoms with Crippen LogP contribution < -0.4 is 4.90 Å². The first-order valence-electron chi connectivity index (χ1n) is 9.99. The number of aromatic hydroxyl groups is 1. The van der Waals surface area contributed by atoms with E-state index in [2.05, 4.69) is 20.8 Å². The number of amides is 1. The Kier molecular flexibility index (Phi) is 5.16. The van der Waals surface area contributed by atoms with Crippen molar-refractivity contribution in [3.05, 3.63) is 36.0 Å². The maximum atomic E-state index is 13.0. The first-order chi connectivity index (χ1) is 12.7. The van der Waals surface area contributed by atoms with E-state index in [4.69, 9.17) is 0 Å². The smallest absolute Gasteiger partial charge is 0.241 e. The highest BCUT2D eigenvalue weighted by Crippen LogP contribution is 2.34. The molecule has 0 radical (unpaired) electrons. The number of anilines is 1. The molecule has 0 atom stereocenters. The quantitative estimate of drug-likeness (QED) is 0.882. The van der Waals surface area contributed by atoms with Crippen LogP contribution in [0.3, 0.4) is 0 Å². The summed E-state index contributed by atoms with van der Waals surface area (Å²) in [6.07, 6.45) is 9.24. The van der Waals surface area contributed by atoms with Crippen LogP contribution in [-0.4, -0.2) is 59.6 Å². The molecule has 140 valence electrons. The van der Waals surface area contributed by atoms with Gasteiger partial charge in [0, 0.05) is 37.9 Å². The van der Waals surface area contributed by atoms with E-state index in [1.54, 1.807) is 6.07 Å². The van der Waals surface area contributed by atoms with E-state index < -0.39 is 0 Å². The summed E-state index contributed by atoms with van der Waals surface area (Å²) in [4.78, 5) is 19.6. The van der Waals surface area contributed by atoms with Crippen LogP contribution in [-0.2, 0) is 4.79 Å². The zero-order valence-corrected chi connectivity index (χ0v) is 15.4. The summed E-state index contributed by atoms with van der Waals surface area (Å²) in [5.41, 5.74) is 2.17. The summed E-state index contributed by atoms with van der Waals surface area (Å²) < 4.78 is 0. The number of piperazine rings is 1. The monoisotopic (exact) mass is 355 g/mol. The number of hydrogen-bond donors (Lipinski definition) is 1. The lowest BCUT2D eigenvalue weighted by Crippen LogP contribution is -2.50. The highest BCUT2D eigenvalue weighted by atomic mass is 16.3. The molecule has 5 heteroatoms. The van der Waals surface area contributed by atoms with Crippen LogP contribution in [0.4, 0.5) is 5.69 Å². The minimum Gasteiger partial charge on any atom is -0.506 e. The van der Waals surface area contributed by atoms with Gasteiger partial charge in [-0.3, -0.25) is 9.69 Å². The third-order valence-electron chi connectivity index (χ3n) is 5.71. The number of hydrogen-bond acceptors (Lipinski definition) is 4. The van der Waals surface area contributed by atoms with Gasteiger partial charge in [0.1, 0.15) is 5.75 Å². The Morgan fingerprint density at radius 2 is 1.88 bits per heavy atom. The number of phenolic OH excluding ortho intramolecular Hbond substituents is 1. The Labute approximate surface area is 155 Å². The Bertz CT molecular complexity index is 676. The molecule has 1 heterocycles. The summed E-state index contributed by atoms with van der Waals surface area (Å²) in [5, 5.41) is 10.0. The largest absolute Gasteiger partial charge is 0.506 e. The topological polar surface area (TPSA) is 47.0 Å². The normalized spacial score (nSPS) is 21.4. The van der Waals surface area contributed by atoms with Crippen molar-refractivity contribution >= 4 is 11.6 Å². The van der Waals surface area contributed by atoms with Crippen LogP contribution in [0.1, 0.15) is 38.5 Å². The van der Waals surface area contributed by atoms with Crippen molar-refractivity contribution in [2.45, 2.75) is 44.6 Å². The fourth-order valence-electron chi connectivity index (χ4n) is 4.12. The third kappa shape index (κ3) is 3.88. The highest BCUT2D eigenvalue weighted by Gasteiger charge is 2.35. The van der Waals surface area contributed by atoms with Crippen molar-refractivity contribution < 1.29 is 9.90 Å². The van der Waals surface area contributed by atoms with E-state index in [1.807, 2.05) is 18.2 Å². The van der Waals surface area contributed by atoms with E-state index in [9.17, 15) is 9.90 Å². The molecule has 0 spiro atoms. The molecule has 1 aromatic rings. The zero-order valence-electron chi connectivity index (χ0n) is 15.4. The van der Waals surface area contributed by atoms with Crippen LogP contribution in [0.25, 0.3) is 0 Å². The zero-order chi connectivity index (χ0) is 17.9. The molecule has 0 aromatic heterocycles. The standard InChI is InChI=1S/C21H29N3O2/c25-20-9-5-4-8-19(20)23-14-12-22(13-15-23)16-21(26)24(18-10-11-18)17-6-2-1-3-7-17/h4-6,8-9,18,25H,1-3,7,10-16H2. The van der Waals surface area contributed by atoms with Gasteiger partial charge in [0.25, 0.3) is 0 Å². The lowest BCUT2D eigenvalue weighted by Gasteiger charge is -2.37. The van der Waals surface area contributed by atoms with Crippen molar-refractivity contribution in [1.29, 1.82) is 0 Å². The molecule has 0 bridgehead atoms. The number of carbonyl (C=O) groups excluding carboxylic acids is 1. The van der Waals surface area contributed by atoms with E-state index in [1.165, 1.54) is 18.5 Å². The number of nitrogens with zero attached hydrogens (tertiary/aromatic N) is 3. The number of carbonyl (C=O) groups is 1. The number of phenols is 1. The molecule has 1 aromatic carbocycles. The molecule has 26 heavy (non-hydrogen) atoms. The van der Waals surface area contributed by atoms with Crippen molar-refractivity contribution in [3.63, 3.8) is 0 Å². The van der Waals surface area contributed by atoms with E-state index in [0.717, 1.165) is 57.5 Å². The van der Waals surface area contributed by atoms with Crippen molar-refractivity contribution in [3.8, 4) is 5.75 Å². The lowest BCUT2D eigenvalue weighted by molar-refractivity contribution is -0.131.